The highest BCUT2D eigenvalue weighted by Gasteiger charge is 2.37. The summed E-state index contributed by atoms with van der Waals surface area (Å²) < 4.78 is 39.2. The monoisotopic (exact) mass is 600 g/mol. The van der Waals surface area contributed by atoms with E-state index in [0.717, 1.165) is 47.1 Å². The highest BCUT2D eigenvalue weighted by molar-refractivity contribution is 7.53. The van der Waals surface area contributed by atoms with E-state index in [1.807, 2.05) is 55.5 Å². The van der Waals surface area contributed by atoms with Gasteiger partial charge < -0.3 is 28.8 Å². The average molecular weight is 601 g/mol. The summed E-state index contributed by atoms with van der Waals surface area (Å²) >= 11 is 6.14. The van der Waals surface area contributed by atoms with Crippen molar-refractivity contribution in [2.24, 2.45) is 0 Å². The molecule has 0 amide bonds. The Bertz CT molecular complexity index is 1550. The third-order valence-corrected chi connectivity index (χ3v) is 9.38. The van der Waals surface area contributed by atoms with Gasteiger partial charge in [0, 0.05) is 22.9 Å². The van der Waals surface area contributed by atoms with Crippen molar-refractivity contribution in [1.29, 1.82) is 0 Å². The van der Waals surface area contributed by atoms with Crippen molar-refractivity contribution >= 4 is 47.0 Å². The second-order valence-electron chi connectivity index (χ2n) is 10.7. The van der Waals surface area contributed by atoms with Crippen LogP contribution < -0.4 is 5.73 Å². The molecular weight excluding hydrogens is 563 g/mol. The number of aromatic nitrogens is 3. The Hall–Kier alpha value is -2.52. The predicted octanol–water partition coefficient (Wildman–Crippen LogP) is 7.26. The minimum Gasteiger partial charge on any atom is -0.382 e. The van der Waals surface area contributed by atoms with Crippen LogP contribution >= 0.6 is 19.2 Å². The molecule has 0 radical (unpaired) electrons. The predicted molar refractivity (Wildman–Crippen MR) is 162 cm³/mol. The first-order valence-electron chi connectivity index (χ1n) is 14.1. The molecule has 1 aliphatic heterocycles. The molecule has 2 aromatic carbocycles. The van der Waals surface area contributed by atoms with E-state index >= 15 is 0 Å². The van der Waals surface area contributed by atoms with Gasteiger partial charge in [0.1, 0.15) is 24.3 Å². The summed E-state index contributed by atoms with van der Waals surface area (Å²) in [6.07, 6.45) is 2.61. The molecule has 0 spiro atoms. The zero-order valence-electron chi connectivity index (χ0n) is 23.8. The number of nitrogen functional groups attached to an aromatic ring is 1. The van der Waals surface area contributed by atoms with Crippen molar-refractivity contribution < 1.29 is 23.1 Å². The number of unbranched alkanes of at least 4 members (excludes halogenated alkanes) is 1. The van der Waals surface area contributed by atoms with Crippen LogP contribution in [0.15, 0.2) is 48.5 Å². The van der Waals surface area contributed by atoms with Crippen molar-refractivity contribution in [3.8, 4) is 0 Å². The molecule has 2 N–H and O–H groups in total. The minimum atomic E-state index is -3.43. The number of benzene rings is 2. The lowest BCUT2D eigenvalue weighted by molar-refractivity contribution is 0.0464. The Morgan fingerprint density at radius 3 is 2.63 bits per heavy atom. The number of fused-ring (bicyclic) bond motifs is 3. The van der Waals surface area contributed by atoms with Crippen LogP contribution in [0.5, 0.6) is 0 Å². The molecule has 2 aromatic heterocycles. The van der Waals surface area contributed by atoms with E-state index in [1.54, 1.807) is 0 Å². The fourth-order valence-electron chi connectivity index (χ4n) is 5.42. The van der Waals surface area contributed by atoms with Gasteiger partial charge in [-0.15, -0.1) is 0 Å². The molecular formula is C30H38ClN4O5P. The normalized spacial score (nSPS) is 20.9. The molecule has 1 fully saturated rings. The third kappa shape index (κ3) is 6.46. The number of imidazole rings is 1. The van der Waals surface area contributed by atoms with Crippen LogP contribution in [0.25, 0.3) is 21.9 Å². The van der Waals surface area contributed by atoms with E-state index in [1.165, 1.54) is 0 Å². The average Bonchev–Trinajstić information content (AvgIpc) is 3.37. The number of hydrogen-bond acceptors (Lipinski definition) is 8. The maximum atomic E-state index is 13.4. The SMILES string of the molecule is CCCCC(C)(COCP1(=O)OCC(c2cccc(Cl)c2)CO1)n1c(COCC)nc2c(N)nc3ccccc3c21. The van der Waals surface area contributed by atoms with Gasteiger partial charge in [-0.25, -0.2) is 9.97 Å². The largest absolute Gasteiger partial charge is 0.382 e. The smallest absolute Gasteiger partial charge is 0.356 e. The molecule has 0 saturated carbocycles. The van der Waals surface area contributed by atoms with Gasteiger partial charge in [0.25, 0.3) is 0 Å². The van der Waals surface area contributed by atoms with E-state index in [2.05, 4.69) is 23.4 Å². The van der Waals surface area contributed by atoms with Crippen LogP contribution in [0.1, 0.15) is 57.3 Å². The lowest BCUT2D eigenvalue weighted by Crippen LogP contribution is -2.37. The standard InChI is InChI=1S/C30H38ClN4O5P/c1-4-6-14-30(3,19-38-20-41(36)39-16-22(17-40-41)21-10-9-11-23(31)15-21)35-26(18-37-5-2)34-27-28(35)24-12-7-8-13-25(24)33-29(27)32/h7-13,15,22H,4-6,14,16-20H2,1-3H3,(H2,32,33). The molecule has 0 aliphatic carbocycles. The number of pyridine rings is 1. The lowest BCUT2D eigenvalue weighted by atomic mass is 9.94. The first-order chi connectivity index (χ1) is 19.8. The van der Waals surface area contributed by atoms with E-state index < -0.39 is 13.1 Å². The quantitative estimate of drug-likeness (QED) is 0.169. The molecule has 1 saturated heterocycles. The van der Waals surface area contributed by atoms with Crippen LogP contribution in [0.4, 0.5) is 5.82 Å². The van der Waals surface area contributed by atoms with Gasteiger partial charge >= 0.3 is 7.60 Å². The first kappa shape index (κ1) is 30.0. The van der Waals surface area contributed by atoms with Crippen LogP contribution in [0.3, 0.4) is 0 Å². The van der Waals surface area contributed by atoms with Gasteiger partial charge in [-0.1, -0.05) is 61.7 Å². The molecule has 4 aromatic rings. The van der Waals surface area contributed by atoms with Crippen molar-refractivity contribution in [3.63, 3.8) is 0 Å². The molecule has 1 unspecified atom stereocenters. The van der Waals surface area contributed by atoms with Crippen molar-refractivity contribution in [2.45, 2.75) is 58.1 Å². The van der Waals surface area contributed by atoms with Crippen LogP contribution in [-0.2, 0) is 35.2 Å². The number of halogens is 1. The molecule has 3 heterocycles. The zero-order chi connectivity index (χ0) is 29.0. The molecule has 11 heteroatoms. The van der Waals surface area contributed by atoms with Crippen LogP contribution in [0, 0.1) is 0 Å². The summed E-state index contributed by atoms with van der Waals surface area (Å²) in [4.78, 5) is 9.51. The second kappa shape index (κ2) is 12.8. The molecule has 220 valence electrons. The highest BCUT2D eigenvalue weighted by Crippen LogP contribution is 2.53. The van der Waals surface area contributed by atoms with Crippen LogP contribution in [0.2, 0.25) is 5.02 Å². The fraction of sp³-hybridized carbons (Fsp3) is 0.467. The highest BCUT2D eigenvalue weighted by atomic mass is 35.5. The number of rotatable bonds is 12. The molecule has 1 aliphatic rings. The maximum Gasteiger partial charge on any atom is 0.356 e. The summed E-state index contributed by atoms with van der Waals surface area (Å²) in [5.41, 5.74) is 9.19. The van der Waals surface area contributed by atoms with E-state index in [4.69, 9.17) is 40.8 Å². The van der Waals surface area contributed by atoms with Crippen molar-refractivity contribution in [1.82, 2.24) is 14.5 Å². The number of hydrogen-bond donors (Lipinski definition) is 1. The van der Waals surface area contributed by atoms with E-state index in [9.17, 15) is 4.57 Å². The molecule has 9 nitrogen and oxygen atoms in total. The molecule has 1 atom stereocenters. The Labute approximate surface area is 245 Å². The fourth-order valence-corrected chi connectivity index (χ4v) is 6.97. The third-order valence-electron chi connectivity index (χ3n) is 7.56. The Kier molecular flexibility index (Phi) is 9.33. The van der Waals surface area contributed by atoms with Gasteiger partial charge in [0.05, 0.1) is 36.4 Å². The van der Waals surface area contributed by atoms with Crippen LogP contribution in [-0.4, -0.2) is 47.3 Å². The molecule has 41 heavy (non-hydrogen) atoms. The first-order valence-corrected chi connectivity index (χ1v) is 16.2. The van der Waals surface area contributed by atoms with Gasteiger partial charge in [-0.05, 0) is 44.0 Å². The lowest BCUT2D eigenvalue weighted by Gasteiger charge is -2.35. The summed E-state index contributed by atoms with van der Waals surface area (Å²) in [6, 6.07) is 15.5. The van der Waals surface area contributed by atoms with Gasteiger partial charge in [0.2, 0.25) is 0 Å². The van der Waals surface area contributed by atoms with Gasteiger partial charge in [-0.2, -0.15) is 0 Å². The van der Waals surface area contributed by atoms with Crippen molar-refractivity contribution in [3.05, 3.63) is 64.9 Å². The van der Waals surface area contributed by atoms with Gasteiger partial charge in [0.15, 0.2) is 5.82 Å². The Balaban J connectivity index is 1.42. The number of nitrogens with two attached hydrogens (primary N) is 1. The number of para-hydroxylation sites is 1. The number of anilines is 1. The number of nitrogens with zero attached hydrogens (tertiary/aromatic N) is 3. The Morgan fingerprint density at radius 1 is 1.12 bits per heavy atom. The topological polar surface area (TPSA) is 111 Å². The second-order valence-corrected chi connectivity index (χ2v) is 13.2. The zero-order valence-corrected chi connectivity index (χ0v) is 25.5. The summed E-state index contributed by atoms with van der Waals surface area (Å²) in [5.74, 6) is 1.07. The summed E-state index contributed by atoms with van der Waals surface area (Å²) in [6.45, 7) is 7.93. The van der Waals surface area contributed by atoms with E-state index in [-0.39, 0.29) is 32.1 Å². The van der Waals surface area contributed by atoms with Gasteiger partial charge in [-0.3, -0.25) is 4.57 Å². The molecule has 0 bridgehead atoms. The Morgan fingerprint density at radius 2 is 1.90 bits per heavy atom. The van der Waals surface area contributed by atoms with Crippen molar-refractivity contribution in [2.75, 3.05) is 38.5 Å². The molecule has 5 rings (SSSR count). The summed E-state index contributed by atoms with van der Waals surface area (Å²) in [7, 11) is -3.43. The number of ether oxygens (including phenoxy) is 2. The minimum absolute atomic E-state index is 0.0450. The summed E-state index contributed by atoms with van der Waals surface area (Å²) in [5, 5.41) is 1.60. The maximum absolute atomic E-state index is 13.4. The van der Waals surface area contributed by atoms with E-state index in [0.29, 0.717) is 29.6 Å².